The van der Waals surface area contributed by atoms with Crippen LogP contribution in [0.15, 0.2) is 0 Å². The fourth-order valence-electron chi connectivity index (χ4n) is 1.04. The number of carbonyl (C=O) groups excluding carboxylic acids is 1. The van der Waals surface area contributed by atoms with Crippen molar-refractivity contribution in [2.45, 2.75) is 18.9 Å². The van der Waals surface area contributed by atoms with Crippen molar-refractivity contribution < 1.29 is 10.0 Å². The molecule has 1 unspecified atom stereocenters. The van der Waals surface area contributed by atoms with E-state index >= 15 is 0 Å². The summed E-state index contributed by atoms with van der Waals surface area (Å²) < 4.78 is 0. The van der Waals surface area contributed by atoms with Crippen molar-refractivity contribution in [2.75, 3.05) is 6.54 Å². The summed E-state index contributed by atoms with van der Waals surface area (Å²) >= 11 is 0. The second-order valence-electron chi connectivity index (χ2n) is 2.22. The Labute approximate surface area is 65.4 Å². The van der Waals surface area contributed by atoms with Gasteiger partial charge < -0.3 is 10.9 Å². The van der Waals surface area contributed by atoms with Crippen molar-refractivity contribution in [1.82, 2.24) is 5.06 Å². The van der Waals surface area contributed by atoms with Gasteiger partial charge in [0.2, 0.25) is 5.91 Å². The van der Waals surface area contributed by atoms with E-state index in [4.69, 9.17) is 10.9 Å². The van der Waals surface area contributed by atoms with Crippen LogP contribution in [0.1, 0.15) is 12.8 Å². The number of carbonyl (C=O) groups is 1. The molecule has 0 aromatic carbocycles. The average molecular weight is 167 g/mol. The summed E-state index contributed by atoms with van der Waals surface area (Å²) in [5.41, 5.74) is 4.95. The maximum atomic E-state index is 10.4. The van der Waals surface area contributed by atoms with E-state index in [1.807, 2.05) is 0 Å². The molecule has 1 fully saturated rings. The number of nitrogens with zero attached hydrogens (tertiary/aromatic N) is 1. The molecule has 1 saturated heterocycles. The first-order valence-corrected chi connectivity index (χ1v) is 2.96. The molecular weight excluding hydrogens is 156 g/mol. The molecule has 0 radical (unpaired) electrons. The summed E-state index contributed by atoms with van der Waals surface area (Å²) in [6, 6.07) is -0.440. The van der Waals surface area contributed by atoms with E-state index in [-0.39, 0.29) is 12.4 Å². The van der Waals surface area contributed by atoms with Gasteiger partial charge in [0.1, 0.15) is 6.04 Å². The zero-order valence-electron chi connectivity index (χ0n) is 5.49. The Kier molecular flexibility index (Phi) is 3.63. The lowest BCUT2D eigenvalue weighted by Crippen LogP contribution is -2.38. The lowest BCUT2D eigenvalue weighted by molar-refractivity contribution is -0.142. The summed E-state index contributed by atoms with van der Waals surface area (Å²) in [7, 11) is 0. The van der Waals surface area contributed by atoms with Gasteiger partial charge in [0.15, 0.2) is 0 Å². The molecule has 0 spiro atoms. The Balaban J connectivity index is 0.000000810. The second-order valence-corrected chi connectivity index (χ2v) is 2.22. The molecule has 1 aliphatic heterocycles. The SMILES string of the molecule is Cl.NC(=O)C1CCCN1O. The molecule has 0 aliphatic carbocycles. The minimum atomic E-state index is -0.440. The smallest absolute Gasteiger partial charge is 0.237 e. The number of primary amides is 1. The van der Waals surface area contributed by atoms with Gasteiger partial charge >= 0.3 is 0 Å². The Morgan fingerprint density at radius 3 is 2.50 bits per heavy atom. The highest BCUT2D eigenvalue weighted by Crippen LogP contribution is 2.12. The lowest BCUT2D eigenvalue weighted by Gasteiger charge is -2.12. The molecule has 0 aromatic rings. The third kappa shape index (κ3) is 1.83. The summed E-state index contributed by atoms with van der Waals surface area (Å²) in [5, 5.41) is 9.89. The quantitative estimate of drug-likeness (QED) is 0.565. The molecule has 10 heavy (non-hydrogen) atoms. The van der Waals surface area contributed by atoms with Crippen LogP contribution in [0.25, 0.3) is 0 Å². The minimum Gasteiger partial charge on any atom is -0.368 e. The number of halogens is 1. The Morgan fingerprint density at radius 2 is 2.30 bits per heavy atom. The zero-order chi connectivity index (χ0) is 6.85. The number of nitrogens with two attached hydrogens (primary N) is 1. The fraction of sp³-hybridized carbons (Fsp3) is 0.800. The van der Waals surface area contributed by atoms with Crippen LogP contribution >= 0.6 is 12.4 Å². The standard InChI is InChI=1S/C5H10N2O2.ClH/c6-5(8)4-2-1-3-7(4)9;/h4,9H,1-3H2,(H2,6,8);1H. The van der Waals surface area contributed by atoms with E-state index < -0.39 is 11.9 Å². The molecule has 4 nitrogen and oxygen atoms in total. The van der Waals surface area contributed by atoms with E-state index in [0.717, 1.165) is 11.5 Å². The van der Waals surface area contributed by atoms with Crippen LogP contribution in [-0.4, -0.2) is 28.8 Å². The van der Waals surface area contributed by atoms with Gasteiger partial charge in [-0.2, -0.15) is 5.06 Å². The minimum absolute atomic E-state index is 0. The molecular formula is C5H11ClN2O2. The molecule has 1 atom stereocenters. The molecule has 0 saturated carbocycles. The van der Waals surface area contributed by atoms with Gasteiger partial charge in [-0.05, 0) is 12.8 Å². The largest absolute Gasteiger partial charge is 0.368 e. The molecule has 1 heterocycles. The normalized spacial score (nSPS) is 25.9. The van der Waals surface area contributed by atoms with E-state index in [0.29, 0.717) is 13.0 Å². The molecule has 60 valence electrons. The van der Waals surface area contributed by atoms with Crippen LogP contribution in [0, 0.1) is 0 Å². The average Bonchev–Trinajstić information content (AvgIpc) is 2.13. The second kappa shape index (κ2) is 3.75. The van der Waals surface area contributed by atoms with Gasteiger partial charge in [-0.25, -0.2) is 0 Å². The van der Waals surface area contributed by atoms with Crippen molar-refractivity contribution in [2.24, 2.45) is 5.73 Å². The third-order valence-corrected chi connectivity index (χ3v) is 1.55. The molecule has 3 N–H and O–H groups in total. The molecule has 1 rings (SSSR count). The highest BCUT2D eigenvalue weighted by molar-refractivity contribution is 5.85. The summed E-state index contributed by atoms with van der Waals surface area (Å²) in [4.78, 5) is 10.4. The summed E-state index contributed by atoms with van der Waals surface area (Å²) in [6.45, 7) is 0.563. The maximum absolute atomic E-state index is 10.4. The van der Waals surface area contributed by atoms with Gasteiger partial charge in [0, 0.05) is 6.54 Å². The topological polar surface area (TPSA) is 66.6 Å². The Hall–Kier alpha value is -0.320. The van der Waals surface area contributed by atoms with Crippen molar-refractivity contribution >= 4 is 18.3 Å². The van der Waals surface area contributed by atoms with Gasteiger partial charge in [0.05, 0.1) is 0 Å². The van der Waals surface area contributed by atoms with Crippen LogP contribution in [0.3, 0.4) is 0 Å². The van der Waals surface area contributed by atoms with E-state index in [1.165, 1.54) is 0 Å². The van der Waals surface area contributed by atoms with E-state index in [1.54, 1.807) is 0 Å². The van der Waals surface area contributed by atoms with E-state index in [9.17, 15) is 4.79 Å². The number of rotatable bonds is 1. The zero-order valence-corrected chi connectivity index (χ0v) is 6.30. The Bertz CT molecular complexity index is 131. The van der Waals surface area contributed by atoms with Crippen molar-refractivity contribution in [3.05, 3.63) is 0 Å². The molecule has 0 bridgehead atoms. The van der Waals surface area contributed by atoms with Crippen LogP contribution < -0.4 is 5.73 Å². The highest BCUT2D eigenvalue weighted by Gasteiger charge is 2.27. The summed E-state index contributed by atoms with van der Waals surface area (Å²) in [5.74, 6) is -0.435. The first-order chi connectivity index (χ1) is 4.22. The van der Waals surface area contributed by atoms with Crippen LogP contribution in [-0.2, 0) is 4.79 Å². The van der Waals surface area contributed by atoms with Crippen LogP contribution in [0.2, 0.25) is 0 Å². The van der Waals surface area contributed by atoms with Crippen LogP contribution in [0.4, 0.5) is 0 Å². The van der Waals surface area contributed by atoms with Gasteiger partial charge in [0.25, 0.3) is 0 Å². The number of hydrogen-bond acceptors (Lipinski definition) is 3. The first-order valence-electron chi connectivity index (χ1n) is 2.96. The maximum Gasteiger partial charge on any atom is 0.237 e. The fourth-order valence-corrected chi connectivity index (χ4v) is 1.04. The van der Waals surface area contributed by atoms with Crippen molar-refractivity contribution in [3.8, 4) is 0 Å². The van der Waals surface area contributed by atoms with E-state index in [2.05, 4.69) is 0 Å². The lowest BCUT2D eigenvalue weighted by atomic mass is 10.2. The molecule has 1 aliphatic rings. The predicted molar refractivity (Wildman–Crippen MR) is 38.0 cm³/mol. The molecule has 5 heteroatoms. The third-order valence-electron chi connectivity index (χ3n) is 1.55. The molecule has 1 amide bonds. The predicted octanol–water partition coefficient (Wildman–Crippen LogP) is -0.253. The number of hydroxylamine groups is 2. The van der Waals surface area contributed by atoms with Crippen LogP contribution in [0.5, 0.6) is 0 Å². The van der Waals surface area contributed by atoms with Gasteiger partial charge in [-0.3, -0.25) is 4.79 Å². The van der Waals surface area contributed by atoms with Crippen molar-refractivity contribution in [3.63, 3.8) is 0 Å². The number of hydrogen-bond donors (Lipinski definition) is 2. The first kappa shape index (κ1) is 9.68. The van der Waals surface area contributed by atoms with Gasteiger partial charge in [-0.1, -0.05) is 0 Å². The van der Waals surface area contributed by atoms with Crippen molar-refractivity contribution in [1.29, 1.82) is 0 Å². The monoisotopic (exact) mass is 166 g/mol. The number of amides is 1. The summed E-state index contributed by atoms with van der Waals surface area (Å²) in [6.07, 6.45) is 1.54. The van der Waals surface area contributed by atoms with Gasteiger partial charge in [-0.15, -0.1) is 12.4 Å². The molecule has 0 aromatic heterocycles. The highest BCUT2D eigenvalue weighted by atomic mass is 35.5. The Morgan fingerprint density at radius 1 is 1.70 bits per heavy atom.